The highest BCUT2D eigenvalue weighted by molar-refractivity contribution is 8.93. The van der Waals surface area contributed by atoms with Crippen molar-refractivity contribution in [2.45, 2.75) is 59.6 Å². The van der Waals surface area contributed by atoms with Crippen LogP contribution in [-0.2, 0) is 12.0 Å². The van der Waals surface area contributed by atoms with Crippen LogP contribution in [0, 0.1) is 5.41 Å². The Morgan fingerprint density at radius 2 is 1.79 bits per heavy atom. The number of nitrogens with zero attached hydrogens (tertiary/aromatic N) is 1. The lowest BCUT2D eigenvalue weighted by Gasteiger charge is -2.26. The molecule has 0 atom stereocenters. The SMILES string of the molecule is Br.CCOc1cc2c(cc1C(=O)NC)C(=N)N(CC(=O)c1cc(C(=O)O)c(OC(C)C)c(C(C)(C)C)c1)C2. The van der Waals surface area contributed by atoms with E-state index in [-0.39, 0.29) is 64.0 Å². The first-order chi connectivity index (χ1) is 17.3. The molecule has 0 aromatic heterocycles. The van der Waals surface area contributed by atoms with Crippen molar-refractivity contribution in [3.63, 3.8) is 0 Å². The number of Topliss-reactive ketones (excluding diaryl/α,β-unsaturated/α-hetero) is 1. The molecule has 9 nitrogen and oxygen atoms in total. The van der Waals surface area contributed by atoms with E-state index >= 15 is 0 Å². The van der Waals surface area contributed by atoms with Gasteiger partial charge in [0, 0.05) is 30.3 Å². The van der Waals surface area contributed by atoms with Crippen molar-refractivity contribution in [1.29, 1.82) is 5.41 Å². The number of ketones is 1. The van der Waals surface area contributed by atoms with Crippen LogP contribution in [0.15, 0.2) is 24.3 Å². The molecule has 1 aliphatic rings. The molecule has 0 saturated carbocycles. The summed E-state index contributed by atoms with van der Waals surface area (Å²) < 4.78 is 11.5. The van der Waals surface area contributed by atoms with E-state index in [0.29, 0.717) is 35.6 Å². The zero-order chi connectivity index (χ0) is 27.7. The number of benzene rings is 2. The van der Waals surface area contributed by atoms with E-state index in [4.69, 9.17) is 14.9 Å². The molecule has 0 bridgehead atoms. The Labute approximate surface area is 233 Å². The van der Waals surface area contributed by atoms with Gasteiger partial charge < -0.3 is 24.8 Å². The molecule has 2 aromatic carbocycles. The van der Waals surface area contributed by atoms with Gasteiger partial charge in [0.15, 0.2) is 5.78 Å². The summed E-state index contributed by atoms with van der Waals surface area (Å²) in [6.45, 7) is 11.8. The normalized spacial score (nSPS) is 12.6. The van der Waals surface area contributed by atoms with Gasteiger partial charge in [0.05, 0.1) is 24.8 Å². The molecule has 10 heteroatoms. The smallest absolute Gasteiger partial charge is 0.339 e. The third-order valence-electron chi connectivity index (χ3n) is 6.05. The van der Waals surface area contributed by atoms with Gasteiger partial charge in [-0.1, -0.05) is 20.8 Å². The summed E-state index contributed by atoms with van der Waals surface area (Å²) >= 11 is 0. The summed E-state index contributed by atoms with van der Waals surface area (Å²) in [6.07, 6.45) is -0.245. The number of amidine groups is 1. The van der Waals surface area contributed by atoms with Crippen molar-refractivity contribution in [3.05, 3.63) is 57.6 Å². The second-order valence-corrected chi connectivity index (χ2v) is 10.3. The molecular weight excluding hydrogens is 554 g/mol. The summed E-state index contributed by atoms with van der Waals surface area (Å²) in [5.74, 6) is -1.03. The first-order valence-electron chi connectivity index (χ1n) is 12.3. The van der Waals surface area contributed by atoms with E-state index in [1.165, 1.54) is 13.1 Å². The van der Waals surface area contributed by atoms with Gasteiger partial charge in [-0.2, -0.15) is 0 Å². The molecule has 1 aliphatic heterocycles. The molecule has 38 heavy (non-hydrogen) atoms. The summed E-state index contributed by atoms with van der Waals surface area (Å²) in [4.78, 5) is 39.5. The topological polar surface area (TPSA) is 129 Å². The van der Waals surface area contributed by atoms with Gasteiger partial charge in [0.1, 0.15) is 22.9 Å². The fourth-order valence-corrected chi connectivity index (χ4v) is 4.28. The zero-order valence-corrected chi connectivity index (χ0v) is 24.6. The van der Waals surface area contributed by atoms with E-state index < -0.39 is 11.4 Å². The average molecular weight is 591 g/mol. The van der Waals surface area contributed by atoms with Crippen LogP contribution >= 0.6 is 17.0 Å². The summed E-state index contributed by atoms with van der Waals surface area (Å²) in [7, 11) is 1.52. The number of amides is 1. The minimum Gasteiger partial charge on any atom is -0.493 e. The Balaban J connectivity index is 0.00000507. The minimum absolute atomic E-state index is 0. The Morgan fingerprint density at radius 1 is 1.13 bits per heavy atom. The molecule has 1 heterocycles. The lowest BCUT2D eigenvalue weighted by molar-refractivity contribution is 0.0689. The van der Waals surface area contributed by atoms with E-state index in [9.17, 15) is 19.5 Å². The number of halogens is 1. The van der Waals surface area contributed by atoms with Gasteiger partial charge in [-0.25, -0.2) is 4.79 Å². The van der Waals surface area contributed by atoms with Gasteiger partial charge in [0.2, 0.25) is 0 Å². The lowest BCUT2D eigenvalue weighted by atomic mass is 9.83. The van der Waals surface area contributed by atoms with Gasteiger partial charge in [-0.05, 0) is 56.0 Å². The maximum atomic E-state index is 13.4. The standard InChI is InChI=1S/C28H35N3O6.BrH/c1-8-36-23-11-17-13-31(25(29)18(17)12-19(23)26(33)30-7)14-22(32)16-9-20(27(34)35)24(37-15(2)3)21(10-16)28(4,5)6;/h9-12,15,29H,8,13-14H2,1-7H3,(H,30,33)(H,34,35);1H. The number of aromatic carboxylic acids is 1. The zero-order valence-electron chi connectivity index (χ0n) is 22.9. The van der Waals surface area contributed by atoms with Crippen LogP contribution in [0.4, 0.5) is 0 Å². The summed E-state index contributed by atoms with van der Waals surface area (Å²) in [6, 6.07) is 6.39. The number of nitrogens with one attached hydrogen (secondary N) is 2. The molecule has 2 aromatic rings. The molecule has 3 N–H and O–H groups in total. The highest BCUT2D eigenvalue weighted by atomic mass is 79.9. The Morgan fingerprint density at radius 3 is 2.32 bits per heavy atom. The number of carboxylic acids is 1. The fourth-order valence-electron chi connectivity index (χ4n) is 4.28. The monoisotopic (exact) mass is 589 g/mol. The van der Waals surface area contributed by atoms with Crippen LogP contribution in [0.3, 0.4) is 0 Å². The second kappa shape index (κ2) is 12.0. The van der Waals surface area contributed by atoms with E-state index in [0.717, 1.165) is 5.56 Å². The summed E-state index contributed by atoms with van der Waals surface area (Å²) in [5, 5.41) is 21.1. The fraction of sp³-hybridized carbons (Fsp3) is 0.429. The molecule has 206 valence electrons. The van der Waals surface area contributed by atoms with Gasteiger partial charge in [-0.15, -0.1) is 17.0 Å². The number of rotatable bonds is 9. The minimum atomic E-state index is -1.18. The molecule has 3 rings (SSSR count). The van der Waals surface area contributed by atoms with Crippen LogP contribution < -0.4 is 14.8 Å². The van der Waals surface area contributed by atoms with Crippen molar-refractivity contribution < 1.29 is 29.0 Å². The lowest BCUT2D eigenvalue weighted by Crippen LogP contribution is -2.31. The molecular formula is C28H36BrN3O6. The van der Waals surface area contributed by atoms with Crippen molar-refractivity contribution in [1.82, 2.24) is 10.2 Å². The maximum Gasteiger partial charge on any atom is 0.339 e. The Bertz CT molecular complexity index is 1270. The summed E-state index contributed by atoms with van der Waals surface area (Å²) in [5.41, 5.74) is 1.97. The number of hydrogen-bond acceptors (Lipinski definition) is 6. The maximum absolute atomic E-state index is 13.4. The van der Waals surface area contributed by atoms with Crippen LogP contribution in [-0.4, -0.2) is 59.8 Å². The predicted octanol–water partition coefficient (Wildman–Crippen LogP) is 4.83. The Kier molecular flexibility index (Phi) is 9.72. The van der Waals surface area contributed by atoms with Crippen molar-refractivity contribution in [2.24, 2.45) is 0 Å². The Hall–Kier alpha value is -3.40. The molecule has 0 fully saturated rings. The number of hydrogen-bond donors (Lipinski definition) is 3. The number of carbonyl (C=O) groups excluding carboxylic acids is 2. The van der Waals surface area contributed by atoms with E-state index in [1.54, 1.807) is 23.1 Å². The van der Waals surface area contributed by atoms with Gasteiger partial charge >= 0.3 is 5.97 Å². The van der Waals surface area contributed by atoms with Gasteiger partial charge in [-0.3, -0.25) is 15.0 Å². The highest BCUT2D eigenvalue weighted by Gasteiger charge is 2.31. The number of carboxylic acid groups (broad SMARTS) is 1. The molecule has 1 amide bonds. The molecule has 0 saturated heterocycles. The van der Waals surface area contributed by atoms with Crippen molar-refractivity contribution in [2.75, 3.05) is 20.2 Å². The number of ether oxygens (including phenoxy) is 2. The van der Waals surface area contributed by atoms with Crippen LogP contribution in [0.25, 0.3) is 0 Å². The van der Waals surface area contributed by atoms with Crippen LogP contribution in [0.2, 0.25) is 0 Å². The third kappa shape index (κ3) is 6.35. The molecule has 0 unspecified atom stereocenters. The first-order valence-corrected chi connectivity index (χ1v) is 12.3. The van der Waals surface area contributed by atoms with E-state index in [1.807, 2.05) is 41.5 Å². The number of fused-ring (bicyclic) bond motifs is 1. The first kappa shape index (κ1) is 30.8. The quantitative estimate of drug-likeness (QED) is 0.357. The van der Waals surface area contributed by atoms with Crippen molar-refractivity contribution in [3.8, 4) is 11.5 Å². The second-order valence-electron chi connectivity index (χ2n) is 10.3. The van der Waals surface area contributed by atoms with Gasteiger partial charge in [0.25, 0.3) is 5.91 Å². The number of carbonyl (C=O) groups is 3. The third-order valence-corrected chi connectivity index (χ3v) is 6.05. The predicted molar refractivity (Wildman–Crippen MR) is 151 cm³/mol. The highest BCUT2D eigenvalue weighted by Crippen LogP contribution is 2.37. The molecule has 0 radical (unpaired) electrons. The van der Waals surface area contributed by atoms with Crippen LogP contribution in [0.1, 0.15) is 89.3 Å². The van der Waals surface area contributed by atoms with Crippen molar-refractivity contribution >= 4 is 40.5 Å². The average Bonchev–Trinajstić information content (AvgIpc) is 3.11. The van der Waals surface area contributed by atoms with Crippen LogP contribution in [0.5, 0.6) is 11.5 Å². The molecule has 0 spiro atoms. The largest absolute Gasteiger partial charge is 0.493 e. The van der Waals surface area contributed by atoms with E-state index in [2.05, 4.69) is 5.32 Å². The molecule has 0 aliphatic carbocycles.